The van der Waals surface area contributed by atoms with Gasteiger partial charge in [0.25, 0.3) is 0 Å². The van der Waals surface area contributed by atoms with E-state index < -0.39 is 5.97 Å². The van der Waals surface area contributed by atoms with Gasteiger partial charge >= 0.3 is 5.97 Å². The lowest BCUT2D eigenvalue weighted by Gasteiger charge is -1.87. The molecule has 0 aliphatic rings. The van der Waals surface area contributed by atoms with Crippen molar-refractivity contribution in [1.29, 1.82) is 0 Å². The second-order valence-corrected chi connectivity index (χ2v) is 5.23. The molecule has 0 aliphatic carbocycles. The molecule has 72 valence electrons. The van der Waals surface area contributed by atoms with Crippen LogP contribution in [0.25, 0.3) is 9.75 Å². The van der Waals surface area contributed by atoms with Crippen molar-refractivity contribution in [3.05, 3.63) is 33.5 Å². The van der Waals surface area contributed by atoms with Gasteiger partial charge in [-0.05, 0) is 18.2 Å². The van der Waals surface area contributed by atoms with Crippen LogP contribution in [0.15, 0.2) is 23.6 Å². The minimum Gasteiger partial charge on any atom is -0.478 e. The molecule has 0 bridgehead atoms. The first-order chi connectivity index (χ1) is 6.66. The van der Waals surface area contributed by atoms with Gasteiger partial charge in [-0.25, -0.2) is 4.79 Å². The molecule has 0 spiro atoms. The van der Waals surface area contributed by atoms with Crippen molar-refractivity contribution in [3.8, 4) is 9.75 Å². The highest BCUT2D eigenvalue weighted by atomic mass is 35.5. The van der Waals surface area contributed by atoms with E-state index in [1.165, 1.54) is 22.7 Å². The van der Waals surface area contributed by atoms with Gasteiger partial charge in [-0.15, -0.1) is 22.7 Å². The number of hydrogen-bond donors (Lipinski definition) is 1. The lowest BCUT2D eigenvalue weighted by Crippen LogP contribution is -1.91. The summed E-state index contributed by atoms with van der Waals surface area (Å²) in [6.07, 6.45) is 0. The van der Waals surface area contributed by atoms with Crippen LogP contribution < -0.4 is 0 Å². The van der Waals surface area contributed by atoms with Gasteiger partial charge in [-0.1, -0.05) is 11.6 Å². The summed E-state index contributed by atoms with van der Waals surface area (Å²) in [7, 11) is 0. The normalized spacial score (nSPS) is 10.4. The molecular formula is C9H5ClO2S2. The summed E-state index contributed by atoms with van der Waals surface area (Å²) < 4.78 is 0.713. The lowest BCUT2D eigenvalue weighted by molar-refractivity contribution is 0.0697. The topological polar surface area (TPSA) is 37.3 Å². The minimum absolute atomic E-state index is 0.328. The van der Waals surface area contributed by atoms with E-state index in [1.54, 1.807) is 11.4 Å². The van der Waals surface area contributed by atoms with Crippen molar-refractivity contribution in [2.24, 2.45) is 0 Å². The van der Waals surface area contributed by atoms with Crippen molar-refractivity contribution in [2.45, 2.75) is 0 Å². The van der Waals surface area contributed by atoms with Gasteiger partial charge in [0.15, 0.2) is 0 Å². The average molecular weight is 245 g/mol. The molecule has 0 amide bonds. The first-order valence-corrected chi connectivity index (χ1v) is 5.82. The molecule has 0 atom stereocenters. The van der Waals surface area contributed by atoms with Gasteiger partial charge in [0.05, 0.1) is 9.90 Å². The maximum absolute atomic E-state index is 10.6. The molecule has 0 saturated heterocycles. The predicted octanol–water partition coefficient (Wildman–Crippen LogP) is 3.83. The summed E-state index contributed by atoms with van der Waals surface area (Å²) in [4.78, 5) is 12.6. The van der Waals surface area contributed by atoms with Crippen molar-refractivity contribution in [3.63, 3.8) is 0 Å². The molecule has 0 radical (unpaired) electrons. The first kappa shape index (κ1) is 9.71. The van der Waals surface area contributed by atoms with E-state index in [1.807, 2.05) is 12.1 Å². The second-order valence-electron chi connectivity index (χ2n) is 2.61. The number of rotatable bonds is 2. The molecule has 2 rings (SSSR count). The fraction of sp³-hybridized carbons (Fsp3) is 0. The summed E-state index contributed by atoms with van der Waals surface area (Å²) >= 11 is 8.65. The molecule has 0 aromatic carbocycles. The quantitative estimate of drug-likeness (QED) is 0.872. The maximum Gasteiger partial charge on any atom is 0.336 e. The van der Waals surface area contributed by atoms with Crippen LogP contribution in [0.2, 0.25) is 4.34 Å². The van der Waals surface area contributed by atoms with E-state index in [4.69, 9.17) is 16.7 Å². The van der Waals surface area contributed by atoms with Crippen LogP contribution in [0.4, 0.5) is 0 Å². The van der Waals surface area contributed by atoms with Crippen LogP contribution in [0.3, 0.4) is 0 Å². The first-order valence-electron chi connectivity index (χ1n) is 3.74. The Kier molecular flexibility index (Phi) is 2.58. The molecule has 2 heterocycles. The Morgan fingerprint density at radius 2 is 2.14 bits per heavy atom. The zero-order chi connectivity index (χ0) is 10.1. The minimum atomic E-state index is -0.893. The molecule has 2 aromatic heterocycles. The maximum atomic E-state index is 10.6. The number of carboxylic acid groups (broad SMARTS) is 1. The number of halogens is 1. The van der Waals surface area contributed by atoms with Crippen LogP contribution in [0.1, 0.15) is 10.4 Å². The molecule has 14 heavy (non-hydrogen) atoms. The van der Waals surface area contributed by atoms with E-state index >= 15 is 0 Å². The van der Waals surface area contributed by atoms with Crippen LogP contribution in [0, 0.1) is 0 Å². The van der Waals surface area contributed by atoms with E-state index in [2.05, 4.69) is 0 Å². The largest absolute Gasteiger partial charge is 0.478 e. The summed E-state index contributed by atoms with van der Waals surface area (Å²) in [5.74, 6) is -0.893. The number of carboxylic acids is 1. The zero-order valence-electron chi connectivity index (χ0n) is 6.86. The monoisotopic (exact) mass is 244 g/mol. The van der Waals surface area contributed by atoms with Crippen LogP contribution in [-0.2, 0) is 0 Å². The van der Waals surface area contributed by atoms with Crippen molar-refractivity contribution in [2.75, 3.05) is 0 Å². The van der Waals surface area contributed by atoms with Crippen LogP contribution in [0.5, 0.6) is 0 Å². The number of thiophene rings is 2. The Morgan fingerprint density at radius 3 is 2.64 bits per heavy atom. The Labute approximate surface area is 93.4 Å². The van der Waals surface area contributed by atoms with Crippen LogP contribution in [-0.4, -0.2) is 11.1 Å². The van der Waals surface area contributed by atoms with E-state index in [0.29, 0.717) is 9.90 Å². The molecule has 1 N–H and O–H groups in total. The third kappa shape index (κ3) is 1.82. The summed E-state index contributed by atoms with van der Waals surface area (Å²) in [6.45, 7) is 0. The number of hydrogen-bond acceptors (Lipinski definition) is 3. The van der Waals surface area contributed by atoms with Gasteiger partial charge in [0.1, 0.15) is 0 Å². The fourth-order valence-corrected chi connectivity index (χ4v) is 3.05. The highest BCUT2D eigenvalue weighted by molar-refractivity contribution is 7.23. The highest BCUT2D eigenvalue weighted by Gasteiger charge is 2.09. The third-order valence-electron chi connectivity index (χ3n) is 1.66. The summed E-state index contributed by atoms with van der Waals surface area (Å²) in [6, 6.07) is 5.36. The SMILES string of the molecule is O=C(O)c1csc(-c2ccc(Cl)s2)c1. The lowest BCUT2D eigenvalue weighted by atomic mass is 10.3. The predicted molar refractivity (Wildman–Crippen MR) is 59.6 cm³/mol. The molecule has 2 aromatic rings. The van der Waals surface area contributed by atoms with Crippen molar-refractivity contribution >= 4 is 40.2 Å². The second kappa shape index (κ2) is 3.73. The van der Waals surface area contributed by atoms with E-state index in [9.17, 15) is 4.79 Å². The number of aromatic carboxylic acids is 1. The number of carbonyl (C=O) groups is 1. The van der Waals surface area contributed by atoms with Gasteiger partial charge < -0.3 is 5.11 Å². The van der Waals surface area contributed by atoms with Gasteiger partial charge in [-0.2, -0.15) is 0 Å². The average Bonchev–Trinajstić information content (AvgIpc) is 2.70. The molecule has 0 fully saturated rings. The third-order valence-corrected chi connectivity index (χ3v) is 4.02. The Balaban J connectivity index is 2.38. The summed E-state index contributed by atoms with van der Waals surface area (Å²) in [5.41, 5.74) is 0.328. The zero-order valence-corrected chi connectivity index (χ0v) is 9.25. The van der Waals surface area contributed by atoms with E-state index in [-0.39, 0.29) is 0 Å². The Hall–Kier alpha value is -0.840. The molecule has 2 nitrogen and oxygen atoms in total. The van der Waals surface area contributed by atoms with Gasteiger partial charge in [0.2, 0.25) is 0 Å². The van der Waals surface area contributed by atoms with Gasteiger partial charge in [-0.3, -0.25) is 0 Å². The van der Waals surface area contributed by atoms with Crippen LogP contribution >= 0.6 is 34.3 Å². The molecule has 0 unspecified atom stereocenters. The van der Waals surface area contributed by atoms with E-state index in [0.717, 1.165) is 9.75 Å². The molecule has 0 aliphatic heterocycles. The highest BCUT2D eigenvalue weighted by Crippen LogP contribution is 2.34. The molecule has 5 heteroatoms. The Morgan fingerprint density at radius 1 is 1.36 bits per heavy atom. The fourth-order valence-electron chi connectivity index (χ4n) is 1.02. The standard InChI is InChI=1S/C9H5ClO2S2/c10-8-2-1-6(14-8)7-3-5(4-13-7)9(11)12/h1-4H,(H,11,12). The Bertz CT molecular complexity index is 473. The van der Waals surface area contributed by atoms with Crippen molar-refractivity contribution < 1.29 is 9.90 Å². The van der Waals surface area contributed by atoms with Gasteiger partial charge in [0, 0.05) is 15.1 Å². The summed E-state index contributed by atoms with van der Waals surface area (Å²) in [5, 5.41) is 10.4. The molecular weight excluding hydrogens is 240 g/mol. The smallest absolute Gasteiger partial charge is 0.336 e. The molecule has 0 saturated carbocycles. The van der Waals surface area contributed by atoms with Crippen molar-refractivity contribution in [1.82, 2.24) is 0 Å².